The number of aryl methyl sites for hydroxylation is 1. The van der Waals surface area contributed by atoms with Crippen molar-refractivity contribution in [3.8, 4) is 0 Å². The molecule has 0 bridgehead atoms. The predicted molar refractivity (Wildman–Crippen MR) is 124 cm³/mol. The van der Waals surface area contributed by atoms with E-state index in [1.807, 2.05) is 30.3 Å². The van der Waals surface area contributed by atoms with Crippen LogP contribution in [0.3, 0.4) is 0 Å². The zero-order chi connectivity index (χ0) is 21.5. The summed E-state index contributed by atoms with van der Waals surface area (Å²) >= 11 is 1.45. The van der Waals surface area contributed by atoms with Crippen molar-refractivity contribution in [2.24, 2.45) is 0 Å². The van der Waals surface area contributed by atoms with E-state index in [4.69, 9.17) is 0 Å². The Kier molecular flexibility index (Phi) is 7.38. The van der Waals surface area contributed by atoms with Crippen molar-refractivity contribution in [1.29, 1.82) is 0 Å². The van der Waals surface area contributed by atoms with Crippen LogP contribution in [0.25, 0.3) is 0 Å². The number of likely N-dealkylation sites (tertiary alicyclic amines) is 1. The number of benzene rings is 2. The highest BCUT2D eigenvalue weighted by atomic mass is 32.2. The number of nitrogens with zero attached hydrogens (tertiary/aromatic N) is 4. The van der Waals surface area contributed by atoms with Crippen LogP contribution in [0.1, 0.15) is 35.4 Å². The van der Waals surface area contributed by atoms with E-state index in [2.05, 4.69) is 56.2 Å². The maximum Gasteiger partial charge on any atom is 0.230 e. The molecule has 4 rings (SSSR count). The van der Waals surface area contributed by atoms with Crippen LogP contribution >= 0.6 is 11.8 Å². The van der Waals surface area contributed by atoms with E-state index < -0.39 is 0 Å². The Morgan fingerprint density at radius 3 is 2.45 bits per heavy atom. The molecule has 1 aliphatic rings. The Labute approximate surface area is 188 Å². The number of carbonyl (C=O) groups is 1. The molecule has 0 aliphatic carbocycles. The van der Waals surface area contributed by atoms with Gasteiger partial charge in [-0.2, -0.15) is 0 Å². The van der Waals surface area contributed by atoms with Crippen molar-refractivity contribution >= 4 is 17.7 Å². The van der Waals surface area contributed by atoms with Crippen molar-refractivity contribution in [2.45, 2.75) is 44.6 Å². The average molecular weight is 436 g/mol. The third kappa shape index (κ3) is 6.18. The largest absolute Gasteiger partial charge is 0.351 e. The quantitative estimate of drug-likeness (QED) is 0.520. The Hall–Kier alpha value is -2.64. The van der Waals surface area contributed by atoms with Gasteiger partial charge in [-0.1, -0.05) is 71.9 Å². The molecule has 1 fully saturated rings. The van der Waals surface area contributed by atoms with E-state index >= 15 is 0 Å². The number of carbonyl (C=O) groups excluding carboxylic acids is 1. The van der Waals surface area contributed by atoms with Gasteiger partial charge >= 0.3 is 0 Å². The van der Waals surface area contributed by atoms with Gasteiger partial charge in [0.1, 0.15) is 5.82 Å². The minimum Gasteiger partial charge on any atom is -0.351 e. The van der Waals surface area contributed by atoms with Gasteiger partial charge in [-0.3, -0.25) is 9.69 Å². The summed E-state index contributed by atoms with van der Waals surface area (Å²) in [5.74, 6) is 1.29. The topological polar surface area (TPSA) is 63.1 Å². The lowest BCUT2D eigenvalue weighted by Gasteiger charge is -2.16. The second-order valence-corrected chi connectivity index (χ2v) is 8.95. The molecular formula is C24H29N5OS. The van der Waals surface area contributed by atoms with Crippen LogP contribution in [0, 0.1) is 6.92 Å². The van der Waals surface area contributed by atoms with Crippen molar-refractivity contribution in [3.05, 3.63) is 77.1 Å². The van der Waals surface area contributed by atoms with Gasteiger partial charge < -0.3 is 9.88 Å². The first kappa shape index (κ1) is 21.6. The predicted octanol–water partition coefficient (Wildman–Crippen LogP) is 3.64. The summed E-state index contributed by atoms with van der Waals surface area (Å²) in [5.41, 5.74) is 3.52. The van der Waals surface area contributed by atoms with E-state index in [0.717, 1.165) is 36.2 Å². The summed E-state index contributed by atoms with van der Waals surface area (Å²) in [6, 6.07) is 18.6. The SMILES string of the molecule is Cc1ccc(CNC(=O)CSc2nnc(CN3CCCC3)n2Cc2ccccc2)cc1. The highest BCUT2D eigenvalue weighted by Crippen LogP contribution is 2.21. The summed E-state index contributed by atoms with van der Waals surface area (Å²) in [6.07, 6.45) is 2.49. The van der Waals surface area contributed by atoms with Crippen molar-refractivity contribution in [1.82, 2.24) is 25.0 Å². The normalized spacial score (nSPS) is 14.1. The standard InChI is InChI=1S/C24H29N5OS/c1-19-9-11-20(12-10-19)15-25-23(30)18-31-24-27-26-22(17-28-13-5-6-14-28)29(24)16-21-7-3-2-4-8-21/h2-4,7-12H,5-6,13-18H2,1H3,(H,25,30). The fourth-order valence-electron chi connectivity index (χ4n) is 3.70. The molecular weight excluding hydrogens is 406 g/mol. The molecule has 1 amide bonds. The molecule has 2 aromatic carbocycles. The molecule has 7 heteroatoms. The molecule has 0 atom stereocenters. The summed E-state index contributed by atoms with van der Waals surface area (Å²) < 4.78 is 2.16. The molecule has 0 spiro atoms. The van der Waals surface area contributed by atoms with Gasteiger partial charge in [0.2, 0.25) is 5.91 Å². The van der Waals surface area contributed by atoms with Crippen LogP contribution in [0.2, 0.25) is 0 Å². The number of thioether (sulfide) groups is 1. The van der Waals surface area contributed by atoms with Crippen molar-refractivity contribution in [3.63, 3.8) is 0 Å². The summed E-state index contributed by atoms with van der Waals surface area (Å²) in [4.78, 5) is 14.8. The van der Waals surface area contributed by atoms with E-state index in [9.17, 15) is 4.79 Å². The summed E-state index contributed by atoms with van der Waals surface area (Å²) in [6.45, 7) is 6.34. The van der Waals surface area contributed by atoms with E-state index in [1.165, 1.54) is 35.7 Å². The van der Waals surface area contributed by atoms with Gasteiger partial charge in [-0.15, -0.1) is 10.2 Å². The molecule has 1 N–H and O–H groups in total. The molecule has 1 saturated heterocycles. The van der Waals surface area contributed by atoms with Crippen molar-refractivity contribution in [2.75, 3.05) is 18.8 Å². The number of hydrogen-bond donors (Lipinski definition) is 1. The maximum absolute atomic E-state index is 12.4. The van der Waals surface area contributed by atoms with Crippen LogP contribution in [0.4, 0.5) is 0 Å². The van der Waals surface area contributed by atoms with Gasteiger partial charge in [-0.25, -0.2) is 0 Å². The van der Waals surface area contributed by atoms with E-state index in [1.54, 1.807) is 0 Å². The average Bonchev–Trinajstić information content (AvgIpc) is 3.43. The third-order valence-electron chi connectivity index (χ3n) is 5.48. The number of aromatic nitrogens is 3. The summed E-state index contributed by atoms with van der Waals surface area (Å²) in [7, 11) is 0. The second kappa shape index (κ2) is 10.6. The van der Waals surface area contributed by atoms with Crippen LogP contribution in [0.15, 0.2) is 59.8 Å². The molecule has 31 heavy (non-hydrogen) atoms. The highest BCUT2D eigenvalue weighted by Gasteiger charge is 2.19. The molecule has 3 aromatic rings. The van der Waals surface area contributed by atoms with Gasteiger partial charge in [0.05, 0.1) is 18.8 Å². The maximum atomic E-state index is 12.4. The first-order chi connectivity index (χ1) is 15.2. The molecule has 1 aliphatic heterocycles. The van der Waals surface area contributed by atoms with Gasteiger partial charge in [0.15, 0.2) is 5.16 Å². The number of nitrogens with one attached hydrogen (secondary N) is 1. The van der Waals surface area contributed by atoms with Crippen LogP contribution in [-0.2, 0) is 24.4 Å². The third-order valence-corrected chi connectivity index (χ3v) is 6.45. The second-order valence-electron chi connectivity index (χ2n) is 8.00. The highest BCUT2D eigenvalue weighted by molar-refractivity contribution is 7.99. The lowest BCUT2D eigenvalue weighted by atomic mass is 10.1. The lowest BCUT2D eigenvalue weighted by molar-refractivity contribution is -0.118. The smallest absolute Gasteiger partial charge is 0.230 e. The first-order valence-electron chi connectivity index (χ1n) is 10.8. The summed E-state index contributed by atoms with van der Waals surface area (Å²) in [5, 5.41) is 12.7. The number of rotatable bonds is 9. The molecule has 2 heterocycles. The van der Waals surface area contributed by atoms with Gasteiger partial charge in [0, 0.05) is 6.54 Å². The van der Waals surface area contributed by atoms with Crippen LogP contribution < -0.4 is 5.32 Å². The van der Waals surface area contributed by atoms with Crippen LogP contribution in [0.5, 0.6) is 0 Å². The molecule has 6 nitrogen and oxygen atoms in total. The Morgan fingerprint density at radius 1 is 0.968 bits per heavy atom. The molecule has 0 saturated carbocycles. The minimum atomic E-state index is 0.000860. The minimum absolute atomic E-state index is 0.000860. The Morgan fingerprint density at radius 2 is 1.71 bits per heavy atom. The van der Waals surface area contributed by atoms with Crippen molar-refractivity contribution < 1.29 is 4.79 Å². The van der Waals surface area contributed by atoms with Crippen LogP contribution in [-0.4, -0.2) is 44.4 Å². The molecule has 0 radical (unpaired) electrons. The van der Waals surface area contributed by atoms with E-state index in [0.29, 0.717) is 18.8 Å². The fourth-order valence-corrected chi connectivity index (χ4v) is 4.48. The zero-order valence-electron chi connectivity index (χ0n) is 18.0. The van der Waals surface area contributed by atoms with Gasteiger partial charge in [-0.05, 0) is 44.0 Å². The number of hydrogen-bond acceptors (Lipinski definition) is 5. The van der Waals surface area contributed by atoms with Gasteiger partial charge in [0.25, 0.3) is 0 Å². The zero-order valence-corrected chi connectivity index (χ0v) is 18.8. The Bertz CT molecular complexity index is 981. The Balaban J connectivity index is 1.39. The number of amides is 1. The molecule has 162 valence electrons. The molecule has 1 aromatic heterocycles. The lowest BCUT2D eigenvalue weighted by Crippen LogP contribution is -2.25. The first-order valence-corrected chi connectivity index (χ1v) is 11.8. The van der Waals surface area contributed by atoms with E-state index in [-0.39, 0.29) is 5.91 Å². The monoisotopic (exact) mass is 435 g/mol. The fraction of sp³-hybridized carbons (Fsp3) is 0.375. The molecule has 0 unspecified atom stereocenters.